The number of hydrogen-bond donors (Lipinski definition) is 7. The molecule has 6 rings (SSSR count). The van der Waals surface area contributed by atoms with E-state index in [4.69, 9.17) is 0 Å². The van der Waals surface area contributed by atoms with E-state index in [0.29, 0.717) is 12.1 Å². The normalized spacial score (nSPS) is 13.0. The number of nitrogens with one attached hydrogen (secondary N) is 3. The van der Waals surface area contributed by atoms with Crippen LogP contribution in [0.15, 0.2) is 91.1 Å². The van der Waals surface area contributed by atoms with Crippen molar-refractivity contribution in [2.24, 2.45) is 0 Å². The molecule has 0 saturated heterocycles. The van der Waals surface area contributed by atoms with Crippen molar-refractivity contribution in [3.8, 4) is 11.1 Å². The van der Waals surface area contributed by atoms with E-state index in [1.165, 1.54) is 24.3 Å². The molecule has 1 heterocycles. The molecule has 7 N–H and O–H groups in total. The van der Waals surface area contributed by atoms with Crippen LogP contribution in [0.3, 0.4) is 0 Å². The van der Waals surface area contributed by atoms with Gasteiger partial charge in [0.1, 0.15) is 14.7 Å². The topological polar surface area (TPSA) is 326 Å². The largest absolute Gasteiger partial charge is 0.354 e. The predicted molar refractivity (Wildman–Crippen MR) is 187 cm³/mol. The van der Waals surface area contributed by atoms with Gasteiger partial charge in [-0.25, -0.2) is 0 Å². The number of ketones is 2. The van der Waals surface area contributed by atoms with Gasteiger partial charge in [0.25, 0.3) is 46.0 Å². The Bertz CT molecular complexity index is 3080. The van der Waals surface area contributed by atoms with Crippen LogP contribution in [0.4, 0.5) is 17.1 Å². The van der Waals surface area contributed by atoms with Crippen LogP contribution < -0.4 is 16.2 Å². The average molecular weight is 820 g/mol. The summed E-state index contributed by atoms with van der Waals surface area (Å²) in [6.45, 7) is 0.916. The van der Waals surface area contributed by atoms with Crippen molar-refractivity contribution >= 4 is 85.9 Å². The van der Waals surface area contributed by atoms with E-state index in [1.54, 1.807) is 0 Å². The molecule has 0 saturated carbocycles. The summed E-state index contributed by atoms with van der Waals surface area (Å²) in [5, 5.41) is 3.93. The lowest BCUT2D eigenvalue weighted by atomic mass is 9.80. The fourth-order valence-corrected chi connectivity index (χ4v) is 8.55. The molecular formula is C31H21N3O16S4. The molecule has 280 valence electrons. The molecule has 0 unspecified atom stereocenters. The van der Waals surface area contributed by atoms with Crippen molar-refractivity contribution in [2.75, 3.05) is 10.6 Å². The lowest BCUT2D eigenvalue weighted by molar-refractivity contribution is -0.114. The minimum Gasteiger partial charge on any atom is -0.354 e. The number of aromatic nitrogens is 1. The molecule has 0 aliphatic heterocycles. The minimum atomic E-state index is -5.46. The van der Waals surface area contributed by atoms with Crippen LogP contribution in [0.1, 0.15) is 38.8 Å². The molecule has 1 amide bonds. The fraction of sp³-hybridized carbons (Fsp3) is 0.0323. The molecule has 54 heavy (non-hydrogen) atoms. The summed E-state index contributed by atoms with van der Waals surface area (Å²) in [5.74, 6) is -3.06. The smallest absolute Gasteiger partial charge is 0.296 e. The van der Waals surface area contributed by atoms with Crippen LogP contribution in [-0.2, 0) is 45.3 Å². The van der Waals surface area contributed by atoms with Gasteiger partial charge in [-0.05, 0) is 35.9 Å². The Morgan fingerprint density at radius 1 is 0.630 bits per heavy atom. The van der Waals surface area contributed by atoms with Gasteiger partial charge in [0.15, 0.2) is 11.6 Å². The molecule has 0 atom stereocenters. The second-order valence-corrected chi connectivity index (χ2v) is 17.1. The highest BCUT2D eigenvalue weighted by molar-refractivity contribution is 7.87. The number of hydrogen-bond acceptors (Lipinski definition) is 13. The van der Waals surface area contributed by atoms with Crippen molar-refractivity contribution in [1.29, 1.82) is 0 Å². The first-order chi connectivity index (χ1) is 24.9. The van der Waals surface area contributed by atoms with E-state index in [2.05, 4.69) is 10.3 Å². The van der Waals surface area contributed by atoms with E-state index in [9.17, 15) is 71.1 Å². The highest BCUT2D eigenvalue weighted by Gasteiger charge is 2.37. The van der Waals surface area contributed by atoms with Crippen LogP contribution in [-0.4, -0.2) is 74.3 Å². The number of rotatable bonds is 9. The number of fused-ring (bicyclic) bond motifs is 2. The third-order valence-electron chi connectivity index (χ3n) is 8.04. The summed E-state index contributed by atoms with van der Waals surface area (Å²) in [7, 11) is -21.0. The summed E-state index contributed by atoms with van der Waals surface area (Å²) in [5.41, 5.74) is -6.85. The second-order valence-electron chi connectivity index (χ2n) is 11.5. The van der Waals surface area contributed by atoms with E-state index in [0.717, 1.165) is 31.2 Å². The molecule has 19 nitrogen and oxygen atoms in total. The Morgan fingerprint density at radius 3 is 1.80 bits per heavy atom. The monoisotopic (exact) mass is 819 g/mol. The zero-order valence-corrected chi connectivity index (χ0v) is 29.9. The maximum absolute atomic E-state index is 14.3. The lowest BCUT2D eigenvalue weighted by Crippen LogP contribution is -2.25. The average Bonchev–Trinajstić information content (AvgIpc) is 3.04. The number of benzene rings is 4. The molecule has 0 bridgehead atoms. The van der Waals surface area contributed by atoms with Crippen molar-refractivity contribution < 1.29 is 66.3 Å². The van der Waals surface area contributed by atoms with Crippen LogP contribution in [0.5, 0.6) is 0 Å². The Hall–Kier alpha value is -5.66. The number of amides is 1. The first kappa shape index (κ1) is 38.1. The number of carbonyl (C=O) groups excluding carboxylic acids is 3. The maximum Gasteiger partial charge on any atom is 0.296 e. The van der Waals surface area contributed by atoms with Gasteiger partial charge in [-0.1, -0.05) is 36.4 Å². The van der Waals surface area contributed by atoms with E-state index >= 15 is 0 Å². The third-order valence-corrected chi connectivity index (χ3v) is 11.6. The van der Waals surface area contributed by atoms with Gasteiger partial charge in [-0.2, -0.15) is 33.7 Å². The van der Waals surface area contributed by atoms with Crippen LogP contribution >= 0.6 is 0 Å². The van der Waals surface area contributed by atoms with Gasteiger partial charge < -0.3 is 15.6 Å². The van der Waals surface area contributed by atoms with Crippen LogP contribution in [0.25, 0.3) is 22.0 Å². The number of aromatic amines is 1. The summed E-state index contributed by atoms with van der Waals surface area (Å²) in [6, 6.07) is 10.6. The SMILES string of the molecule is CC(=O)Nc1cc(Nc2cc(S(=O)(=O)O)c3[nH]c(=O)c(C(=O)c4cccc(S(=O)(=O)O)c4)c4c3c2C(=O)c2ccccc2-4)c(S(=O)(=O)O)cc1S(=O)(=O)O. The number of carbonyl (C=O) groups is 3. The first-order valence-corrected chi connectivity index (χ1v) is 20.3. The molecule has 1 aliphatic carbocycles. The minimum absolute atomic E-state index is 0.122. The first-order valence-electron chi connectivity index (χ1n) is 14.6. The predicted octanol–water partition coefficient (Wildman–Crippen LogP) is 2.66. The molecule has 4 aromatic carbocycles. The van der Waals surface area contributed by atoms with Gasteiger partial charge in [-0.15, -0.1) is 0 Å². The fourth-order valence-electron chi connectivity index (χ4n) is 5.96. The summed E-state index contributed by atoms with van der Waals surface area (Å²) < 4.78 is 138. The Labute approximate surface area is 303 Å². The van der Waals surface area contributed by atoms with Crippen molar-refractivity contribution in [3.05, 3.63) is 99.3 Å². The lowest BCUT2D eigenvalue weighted by Gasteiger charge is -2.25. The molecule has 1 aliphatic rings. The van der Waals surface area contributed by atoms with Gasteiger partial charge in [0.05, 0.1) is 38.6 Å². The summed E-state index contributed by atoms with van der Waals surface area (Å²) in [6.07, 6.45) is 0. The van der Waals surface area contributed by atoms with Gasteiger partial charge in [-0.3, -0.25) is 37.4 Å². The standard InChI is InChI=1S/C31H21N3O16S4/c1-13(35)32-18-10-19(22(53(45,46)47)12-21(18)52(42,43)44)33-20-11-23(54(48,49)50)28-26-24(16-7-2-3-8-17(16)30(37)25(20)26)27(31(38)34-28)29(36)14-5-4-6-15(9-14)51(39,40)41/h2-12,33H,1H3,(H,32,35)(H,34,38)(H,39,40,41)(H,42,43,44)(H,45,46,47)(H,48,49,50). The third kappa shape index (κ3) is 6.69. The summed E-state index contributed by atoms with van der Waals surface area (Å²) in [4.78, 5) is 51.9. The maximum atomic E-state index is 14.3. The quantitative estimate of drug-likeness (QED) is 0.0814. The molecule has 0 radical (unpaired) electrons. The van der Waals surface area contributed by atoms with E-state index < -0.39 is 133 Å². The van der Waals surface area contributed by atoms with Crippen molar-refractivity contribution in [2.45, 2.75) is 26.5 Å². The highest BCUT2D eigenvalue weighted by atomic mass is 32.2. The summed E-state index contributed by atoms with van der Waals surface area (Å²) >= 11 is 0. The highest BCUT2D eigenvalue weighted by Crippen LogP contribution is 2.46. The van der Waals surface area contributed by atoms with Crippen molar-refractivity contribution in [1.82, 2.24) is 4.98 Å². The Kier molecular flexibility index (Phi) is 8.98. The van der Waals surface area contributed by atoms with Crippen molar-refractivity contribution in [3.63, 3.8) is 0 Å². The molecular weight excluding hydrogens is 799 g/mol. The number of pyridine rings is 1. The zero-order chi connectivity index (χ0) is 39.9. The Morgan fingerprint density at radius 2 is 1.22 bits per heavy atom. The molecule has 0 spiro atoms. The second kappa shape index (κ2) is 12.7. The van der Waals surface area contributed by atoms with Gasteiger partial charge in [0, 0.05) is 29.0 Å². The molecule has 0 fully saturated rings. The molecule has 1 aromatic heterocycles. The molecule has 5 aromatic rings. The van der Waals surface area contributed by atoms with E-state index in [1.807, 2.05) is 5.32 Å². The van der Waals surface area contributed by atoms with Gasteiger partial charge >= 0.3 is 0 Å². The van der Waals surface area contributed by atoms with Crippen LogP contribution in [0, 0.1) is 0 Å². The van der Waals surface area contributed by atoms with Crippen LogP contribution in [0.2, 0.25) is 0 Å². The Balaban J connectivity index is 1.78. The molecule has 23 heteroatoms. The zero-order valence-electron chi connectivity index (χ0n) is 26.7. The van der Waals surface area contributed by atoms with E-state index in [-0.39, 0.29) is 17.2 Å². The number of H-pyrrole nitrogens is 1. The number of anilines is 3. The van der Waals surface area contributed by atoms with Gasteiger partial charge in [0.2, 0.25) is 5.91 Å².